The summed E-state index contributed by atoms with van der Waals surface area (Å²) in [7, 11) is 1.55. The predicted molar refractivity (Wildman–Crippen MR) is 64.9 cm³/mol. The lowest BCUT2D eigenvalue weighted by Gasteiger charge is -2.12. The molecule has 4 nitrogen and oxygen atoms in total. The first-order chi connectivity index (χ1) is 7.58. The smallest absolute Gasteiger partial charge is 0.241 e. The van der Waals surface area contributed by atoms with E-state index < -0.39 is 6.04 Å². The number of halogens is 1. The molecule has 0 heterocycles. The van der Waals surface area contributed by atoms with Gasteiger partial charge in [-0.1, -0.05) is 18.5 Å². The summed E-state index contributed by atoms with van der Waals surface area (Å²) in [4.78, 5) is 11.6. The van der Waals surface area contributed by atoms with Crippen LogP contribution in [-0.4, -0.2) is 19.1 Å². The van der Waals surface area contributed by atoms with Gasteiger partial charge in [0.2, 0.25) is 5.91 Å². The maximum absolute atomic E-state index is 11.6. The van der Waals surface area contributed by atoms with Crippen molar-refractivity contribution in [3.63, 3.8) is 0 Å². The topological polar surface area (TPSA) is 64.4 Å². The van der Waals surface area contributed by atoms with Crippen molar-refractivity contribution in [1.82, 2.24) is 0 Å². The van der Waals surface area contributed by atoms with Crippen LogP contribution in [0.25, 0.3) is 0 Å². The van der Waals surface area contributed by atoms with E-state index in [1.54, 1.807) is 25.3 Å². The third kappa shape index (κ3) is 3.12. The molecule has 0 aromatic heterocycles. The molecule has 0 unspecified atom stereocenters. The molecule has 0 radical (unpaired) electrons. The number of methoxy groups -OCH3 is 1. The van der Waals surface area contributed by atoms with Crippen LogP contribution in [0.5, 0.6) is 5.75 Å². The molecular weight excluding hydrogens is 228 g/mol. The van der Waals surface area contributed by atoms with E-state index in [9.17, 15) is 4.79 Å². The Bertz CT molecular complexity index is 382. The molecule has 1 rings (SSSR count). The lowest BCUT2D eigenvalue weighted by atomic mass is 10.2. The van der Waals surface area contributed by atoms with Gasteiger partial charge in [0, 0.05) is 6.07 Å². The van der Waals surface area contributed by atoms with Crippen molar-refractivity contribution in [3.05, 3.63) is 23.2 Å². The van der Waals surface area contributed by atoms with Gasteiger partial charge in [-0.3, -0.25) is 4.79 Å². The number of nitrogens with two attached hydrogens (primary N) is 1. The third-order valence-corrected chi connectivity index (χ3v) is 2.54. The maximum Gasteiger partial charge on any atom is 0.241 e. The summed E-state index contributed by atoms with van der Waals surface area (Å²) >= 11 is 5.93. The van der Waals surface area contributed by atoms with Crippen molar-refractivity contribution in [2.75, 3.05) is 12.4 Å². The first kappa shape index (κ1) is 12.8. The Morgan fingerprint density at radius 3 is 2.88 bits per heavy atom. The summed E-state index contributed by atoms with van der Waals surface area (Å²) in [5, 5.41) is 3.12. The van der Waals surface area contributed by atoms with Crippen LogP contribution in [0, 0.1) is 0 Å². The van der Waals surface area contributed by atoms with Gasteiger partial charge >= 0.3 is 0 Å². The Kier molecular flexibility index (Phi) is 4.58. The summed E-state index contributed by atoms with van der Waals surface area (Å²) in [5.74, 6) is 0.377. The molecular formula is C11H15ClN2O2. The second kappa shape index (κ2) is 5.72. The van der Waals surface area contributed by atoms with Crippen LogP contribution in [0.1, 0.15) is 13.3 Å². The molecule has 0 saturated carbocycles. The highest BCUT2D eigenvalue weighted by Gasteiger charge is 2.13. The largest absolute Gasteiger partial charge is 0.497 e. The normalized spacial score (nSPS) is 12.0. The fourth-order valence-corrected chi connectivity index (χ4v) is 1.30. The zero-order valence-corrected chi connectivity index (χ0v) is 10.0. The average Bonchev–Trinajstić information content (AvgIpc) is 2.30. The number of anilines is 1. The predicted octanol–water partition coefficient (Wildman–Crippen LogP) is 2.02. The van der Waals surface area contributed by atoms with Gasteiger partial charge in [-0.2, -0.15) is 0 Å². The van der Waals surface area contributed by atoms with Gasteiger partial charge in [-0.25, -0.2) is 0 Å². The molecule has 0 saturated heterocycles. The van der Waals surface area contributed by atoms with Gasteiger partial charge < -0.3 is 15.8 Å². The van der Waals surface area contributed by atoms with Crippen LogP contribution in [0.3, 0.4) is 0 Å². The SMILES string of the molecule is CC[C@@H](N)C(=O)Nc1cc(OC)ccc1Cl. The van der Waals surface area contributed by atoms with E-state index in [1.807, 2.05) is 6.92 Å². The van der Waals surface area contributed by atoms with E-state index in [0.717, 1.165) is 0 Å². The van der Waals surface area contributed by atoms with E-state index in [1.165, 1.54) is 0 Å². The van der Waals surface area contributed by atoms with Gasteiger partial charge in [-0.15, -0.1) is 0 Å². The fourth-order valence-electron chi connectivity index (χ4n) is 1.14. The molecule has 1 atom stereocenters. The molecule has 0 aliphatic heterocycles. The van der Waals surface area contributed by atoms with Gasteiger partial charge in [0.25, 0.3) is 0 Å². The second-order valence-corrected chi connectivity index (χ2v) is 3.76. The van der Waals surface area contributed by atoms with Crippen molar-refractivity contribution in [3.8, 4) is 5.75 Å². The van der Waals surface area contributed by atoms with Crippen molar-refractivity contribution in [1.29, 1.82) is 0 Å². The molecule has 0 aliphatic carbocycles. The number of carbonyl (C=O) groups excluding carboxylic acids is 1. The molecule has 88 valence electrons. The van der Waals surface area contributed by atoms with E-state index >= 15 is 0 Å². The van der Waals surface area contributed by atoms with E-state index in [2.05, 4.69) is 5.32 Å². The van der Waals surface area contributed by atoms with Crippen molar-refractivity contribution < 1.29 is 9.53 Å². The summed E-state index contributed by atoms with van der Waals surface area (Å²) in [5.41, 5.74) is 6.11. The van der Waals surface area contributed by atoms with Gasteiger partial charge in [0.15, 0.2) is 0 Å². The first-order valence-corrected chi connectivity index (χ1v) is 5.36. The molecule has 0 spiro atoms. The lowest BCUT2D eigenvalue weighted by Crippen LogP contribution is -2.34. The molecule has 0 bridgehead atoms. The zero-order chi connectivity index (χ0) is 12.1. The summed E-state index contributed by atoms with van der Waals surface area (Å²) < 4.78 is 5.04. The van der Waals surface area contributed by atoms with Crippen LogP contribution < -0.4 is 15.8 Å². The number of carbonyl (C=O) groups is 1. The minimum absolute atomic E-state index is 0.252. The van der Waals surface area contributed by atoms with Crippen LogP contribution in [0.15, 0.2) is 18.2 Å². The fraction of sp³-hybridized carbons (Fsp3) is 0.364. The Morgan fingerprint density at radius 1 is 1.62 bits per heavy atom. The van der Waals surface area contributed by atoms with Gasteiger partial charge in [0.05, 0.1) is 23.9 Å². The van der Waals surface area contributed by atoms with Crippen LogP contribution in [0.2, 0.25) is 5.02 Å². The Morgan fingerprint density at radius 2 is 2.31 bits per heavy atom. The van der Waals surface area contributed by atoms with Crippen LogP contribution >= 0.6 is 11.6 Å². The highest BCUT2D eigenvalue weighted by Crippen LogP contribution is 2.26. The minimum atomic E-state index is -0.526. The van der Waals surface area contributed by atoms with E-state index in [4.69, 9.17) is 22.1 Å². The number of amides is 1. The van der Waals surface area contributed by atoms with Crippen molar-refractivity contribution in [2.24, 2.45) is 5.73 Å². The summed E-state index contributed by atoms with van der Waals surface area (Å²) in [6.07, 6.45) is 0.577. The number of nitrogens with one attached hydrogen (secondary N) is 1. The Hall–Kier alpha value is -1.26. The quantitative estimate of drug-likeness (QED) is 0.849. The average molecular weight is 243 g/mol. The van der Waals surface area contributed by atoms with E-state index in [-0.39, 0.29) is 5.91 Å². The number of ether oxygens (including phenoxy) is 1. The maximum atomic E-state index is 11.6. The Labute approximate surface area is 99.7 Å². The lowest BCUT2D eigenvalue weighted by molar-refractivity contribution is -0.117. The number of benzene rings is 1. The summed E-state index contributed by atoms with van der Waals surface area (Å²) in [6, 6.07) is 4.51. The molecule has 1 aromatic carbocycles. The first-order valence-electron chi connectivity index (χ1n) is 4.98. The van der Waals surface area contributed by atoms with Crippen LogP contribution in [-0.2, 0) is 4.79 Å². The number of hydrogen-bond acceptors (Lipinski definition) is 3. The number of rotatable bonds is 4. The molecule has 3 N–H and O–H groups in total. The second-order valence-electron chi connectivity index (χ2n) is 3.35. The van der Waals surface area contributed by atoms with E-state index in [0.29, 0.717) is 22.9 Å². The third-order valence-electron chi connectivity index (χ3n) is 2.21. The molecule has 1 amide bonds. The molecule has 0 aliphatic rings. The highest BCUT2D eigenvalue weighted by atomic mass is 35.5. The zero-order valence-electron chi connectivity index (χ0n) is 9.29. The molecule has 1 aromatic rings. The molecule has 0 fully saturated rings. The molecule has 16 heavy (non-hydrogen) atoms. The molecule has 5 heteroatoms. The minimum Gasteiger partial charge on any atom is -0.497 e. The van der Waals surface area contributed by atoms with Crippen molar-refractivity contribution >= 4 is 23.2 Å². The highest BCUT2D eigenvalue weighted by molar-refractivity contribution is 6.33. The Balaban J connectivity index is 2.83. The van der Waals surface area contributed by atoms with Gasteiger partial charge in [0.1, 0.15) is 5.75 Å². The monoisotopic (exact) mass is 242 g/mol. The van der Waals surface area contributed by atoms with Crippen molar-refractivity contribution in [2.45, 2.75) is 19.4 Å². The van der Waals surface area contributed by atoms with Gasteiger partial charge in [-0.05, 0) is 18.6 Å². The van der Waals surface area contributed by atoms with Crippen LogP contribution in [0.4, 0.5) is 5.69 Å². The number of hydrogen-bond donors (Lipinski definition) is 2. The summed E-state index contributed by atoms with van der Waals surface area (Å²) in [6.45, 7) is 1.84. The standard InChI is InChI=1S/C11H15ClN2O2/c1-3-9(13)11(15)14-10-6-7(16-2)4-5-8(10)12/h4-6,9H,3,13H2,1-2H3,(H,14,15)/t9-/m1/s1.